The Kier molecular flexibility index (Phi) is 9.14. The van der Waals surface area contributed by atoms with E-state index in [-0.39, 0.29) is 23.1 Å². The van der Waals surface area contributed by atoms with Gasteiger partial charge in [-0.3, -0.25) is 14.4 Å². The van der Waals surface area contributed by atoms with E-state index in [9.17, 15) is 17.6 Å². The molecule has 0 spiro atoms. The van der Waals surface area contributed by atoms with Gasteiger partial charge in [0.1, 0.15) is 18.0 Å². The van der Waals surface area contributed by atoms with Gasteiger partial charge in [0.15, 0.2) is 0 Å². The summed E-state index contributed by atoms with van der Waals surface area (Å²) in [6.45, 7) is 6.90. The molecule has 0 bridgehead atoms. The molecule has 0 aliphatic rings. The normalized spacial score (nSPS) is 11.7. The highest BCUT2D eigenvalue weighted by atomic mass is 35.5. The Morgan fingerprint density at radius 2 is 1.97 bits per heavy atom. The number of fused-ring (bicyclic) bond motifs is 1. The van der Waals surface area contributed by atoms with Gasteiger partial charge in [-0.1, -0.05) is 30.4 Å². The Morgan fingerprint density at radius 1 is 1.24 bits per heavy atom. The number of carbonyl (C=O) groups is 1. The van der Waals surface area contributed by atoms with Crippen molar-refractivity contribution in [3.63, 3.8) is 0 Å². The molecule has 1 aromatic heterocycles. The fourth-order valence-electron chi connectivity index (χ4n) is 3.76. The number of nitrogens with zero attached hydrogens (tertiary/aromatic N) is 3. The fraction of sp³-hybridized carbons (Fsp3) is 0.346. The minimum absolute atomic E-state index is 0.0549. The summed E-state index contributed by atoms with van der Waals surface area (Å²) in [5, 5.41) is 3.53. The summed E-state index contributed by atoms with van der Waals surface area (Å²) in [7, 11) is -2.30. The van der Waals surface area contributed by atoms with Crippen LogP contribution in [0.25, 0.3) is 10.9 Å². The second kappa shape index (κ2) is 11.9. The molecule has 2 aromatic carbocycles. The Labute approximate surface area is 226 Å². The van der Waals surface area contributed by atoms with Crippen LogP contribution in [0.15, 0.2) is 36.7 Å². The molecule has 2 N–H and O–H groups in total. The molecule has 0 radical (unpaired) electrons. The summed E-state index contributed by atoms with van der Waals surface area (Å²) >= 11 is 5.90. The Bertz CT molecular complexity index is 1520. The van der Waals surface area contributed by atoms with E-state index in [0.29, 0.717) is 41.1 Å². The fourth-order valence-corrected chi connectivity index (χ4v) is 4.51. The van der Waals surface area contributed by atoms with Crippen LogP contribution in [-0.4, -0.2) is 61.2 Å². The van der Waals surface area contributed by atoms with Crippen LogP contribution in [0.2, 0.25) is 5.02 Å². The SMILES string of the molecule is CCN(CCC(=O)OC)C(C)(C)C#Cc1cc2ncnc(Nc3ccc(F)c(Cl)c3)c2cc1NS(C)(=O)=O. The molecule has 0 fully saturated rings. The van der Waals surface area contributed by atoms with Crippen LogP contribution in [0.5, 0.6) is 0 Å². The first-order valence-electron chi connectivity index (χ1n) is 11.7. The number of anilines is 3. The van der Waals surface area contributed by atoms with E-state index in [1.165, 1.54) is 31.6 Å². The van der Waals surface area contributed by atoms with E-state index in [1.54, 1.807) is 12.1 Å². The molecule has 0 atom stereocenters. The third-order valence-electron chi connectivity index (χ3n) is 5.74. The van der Waals surface area contributed by atoms with Crippen molar-refractivity contribution in [1.82, 2.24) is 14.9 Å². The molecule has 0 saturated heterocycles. The molecule has 12 heteroatoms. The highest BCUT2D eigenvalue weighted by Gasteiger charge is 2.24. The monoisotopic (exact) mass is 561 g/mol. The number of carbonyl (C=O) groups excluding carboxylic acids is 1. The maximum absolute atomic E-state index is 13.6. The highest BCUT2D eigenvalue weighted by Crippen LogP contribution is 2.30. The van der Waals surface area contributed by atoms with Crippen molar-refractivity contribution >= 4 is 55.7 Å². The number of rotatable bonds is 9. The summed E-state index contributed by atoms with van der Waals surface area (Å²) in [5.74, 6) is 5.80. The number of sulfonamides is 1. The van der Waals surface area contributed by atoms with Crippen molar-refractivity contribution in [2.45, 2.75) is 32.7 Å². The van der Waals surface area contributed by atoms with Crippen LogP contribution in [0.1, 0.15) is 32.8 Å². The molecule has 38 heavy (non-hydrogen) atoms. The molecule has 0 aliphatic heterocycles. The molecular formula is C26H29ClFN5O4S. The molecular weight excluding hydrogens is 533 g/mol. The van der Waals surface area contributed by atoms with Gasteiger partial charge in [-0.2, -0.15) is 0 Å². The predicted molar refractivity (Wildman–Crippen MR) is 148 cm³/mol. The van der Waals surface area contributed by atoms with Gasteiger partial charge in [-0.05, 0) is 50.7 Å². The Hall–Kier alpha value is -3.46. The van der Waals surface area contributed by atoms with Crippen molar-refractivity contribution in [3.8, 4) is 11.8 Å². The quantitative estimate of drug-likeness (QED) is 0.289. The van der Waals surface area contributed by atoms with Crippen molar-refractivity contribution in [2.75, 3.05) is 36.5 Å². The number of hydrogen-bond acceptors (Lipinski definition) is 8. The van der Waals surface area contributed by atoms with Crippen molar-refractivity contribution < 1.29 is 22.3 Å². The minimum Gasteiger partial charge on any atom is -0.469 e. The lowest BCUT2D eigenvalue weighted by atomic mass is 10.0. The number of halogens is 2. The third-order valence-corrected chi connectivity index (χ3v) is 6.62. The zero-order chi connectivity index (χ0) is 28.1. The van der Waals surface area contributed by atoms with Gasteiger partial charge < -0.3 is 10.1 Å². The average molecular weight is 562 g/mol. The van der Waals surface area contributed by atoms with Crippen LogP contribution in [0.4, 0.5) is 21.6 Å². The van der Waals surface area contributed by atoms with Gasteiger partial charge in [0.2, 0.25) is 10.0 Å². The number of methoxy groups -OCH3 is 1. The van der Waals surface area contributed by atoms with Crippen LogP contribution in [-0.2, 0) is 19.6 Å². The van der Waals surface area contributed by atoms with Crippen LogP contribution in [0.3, 0.4) is 0 Å². The molecule has 0 unspecified atom stereocenters. The second-order valence-electron chi connectivity index (χ2n) is 8.98. The van der Waals surface area contributed by atoms with E-state index in [1.807, 2.05) is 25.7 Å². The van der Waals surface area contributed by atoms with Crippen LogP contribution >= 0.6 is 11.6 Å². The molecule has 0 amide bonds. The molecule has 3 aromatic rings. The number of hydrogen-bond donors (Lipinski definition) is 2. The summed E-state index contributed by atoms with van der Waals surface area (Å²) < 4.78 is 45.2. The largest absolute Gasteiger partial charge is 0.469 e. The molecule has 0 aliphatic carbocycles. The predicted octanol–water partition coefficient (Wildman–Crippen LogP) is 4.55. The van der Waals surface area contributed by atoms with Crippen molar-refractivity contribution in [2.24, 2.45) is 0 Å². The molecule has 202 valence electrons. The Balaban J connectivity index is 2.05. The lowest BCUT2D eigenvalue weighted by Crippen LogP contribution is -2.43. The van der Waals surface area contributed by atoms with E-state index >= 15 is 0 Å². The van der Waals surface area contributed by atoms with E-state index in [4.69, 9.17) is 16.3 Å². The van der Waals surface area contributed by atoms with Gasteiger partial charge in [0, 0.05) is 17.6 Å². The molecule has 0 saturated carbocycles. The minimum atomic E-state index is -3.65. The number of benzene rings is 2. The number of esters is 1. The summed E-state index contributed by atoms with van der Waals surface area (Å²) in [4.78, 5) is 22.2. The lowest BCUT2D eigenvalue weighted by Gasteiger charge is -2.33. The van der Waals surface area contributed by atoms with E-state index in [2.05, 4.69) is 31.8 Å². The zero-order valence-electron chi connectivity index (χ0n) is 21.7. The maximum Gasteiger partial charge on any atom is 0.306 e. The highest BCUT2D eigenvalue weighted by molar-refractivity contribution is 7.92. The molecule has 9 nitrogen and oxygen atoms in total. The number of aromatic nitrogens is 2. The first-order valence-corrected chi connectivity index (χ1v) is 13.9. The topological polar surface area (TPSA) is 114 Å². The van der Waals surface area contributed by atoms with Gasteiger partial charge in [-0.25, -0.2) is 22.8 Å². The van der Waals surface area contributed by atoms with E-state index in [0.717, 1.165) is 6.26 Å². The smallest absolute Gasteiger partial charge is 0.306 e. The first-order chi connectivity index (χ1) is 17.8. The third kappa shape index (κ3) is 7.54. The van der Waals surface area contributed by atoms with Gasteiger partial charge in [0.05, 0.1) is 47.1 Å². The summed E-state index contributed by atoms with van der Waals surface area (Å²) in [6, 6.07) is 7.41. The summed E-state index contributed by atoms with van der Waals surface area (Å²) in [6.07, 6.45) is 2.62. The summed E-state index contributed by atoms with van der Waals surface area (Å²) in [5.41, 5.74) is 1.02. The Morgan fingerprint density at radius 3 is 2.61 bits per heavy atom. The lowest BCUT2D eigenvalue weighted by molar-refractivity contribution is -0.141. The van der Waals surface area contributed by atoms with Crippen molar-refractivity contribution in [1.29, 1.82) is 0 Å². The van der Waals surface area contributed by atoms with Gasteiger partial charge in [-0.15, -0.1) is 0 Å². The van der Waals surface area contributed by atoms with Crippen molar-refractivity contribution in [3.05, 3.63) is 53.1 Å². The average Bonchev–Trinajstić information content (AvgIpc) is 2.84. The van der Waals surface area contributed by atoms with Gasteiger partial charge >= 0.3 is 5.97 Å². The standard InChI is InChI=1S/C26H29ClFN5O4S/c1-6-33(12-10-24(34)37-4)26(2,3)11-9-17-13-23-19(15-22(17)32-38(5,35)36)25(30-16-29-23)31-18-7-8-21(28)20(27)14-18/h7-8,13-16,32H,6,10,12H2,1-5H3,(H,29,30,31). The molecule has 3 rings (SSSR count). The van der Waals surface area contributed by atoms with Gasteiger partial charge in [0.25, 0.3) is 0 Å². The number of nitrogens with one attached hydrogen (secondary N) is 2. The van der Waals surface area contributed by atoms with E-state index < -0.39 is 21.4 Å². The first kappa shape index (κ1) is 29.1. The second-order valence-corrected chi connectivity index (χ2v) is 11.1. The van der Waals surface area contributed by atoms with Crippen LogP contribution in [0, 0.1) is 17.7 Å². The zero-order valence-corrected chi connectivity index (χ0v) is 23.3. The maximum atomic E-state index is 13.6. The number of ether oxygens (including phenoxy) is 1. The van der Waals surface area contributed by atoms with Crippen LogP contribution < -0.4 is 10.0 Å². The molecule has 1 heterocycles.